The Kier molecular flexibility index (Phi) is 4.10. The van der Waals surface area contributed by atoms with Crippen molar-refractivity contribution in [2.75, 3.05) is 0 Å². The standard InChI is InChI=1S/C2H6BO3P/c1-2-5-7(4)6-3/h2,4H,1,3H2. The van der Waals surface area contributed by atoms with Gasteiger partial charge in [-0.1, -0.05) is 6.58 Å². The average Bonchev–Trinajstić information content (AvgIpc) is 1.68. The van der Waals surface area contributed by atoms with Crippen LogP contribution < -0.4 is 0 Å². The van der Waals surface area contributed by atoms with Gasteiger partial charge in [-0.25, -0.2) is 0 Å². The lowest BCUT2D eigenvalue weighted by Gasteiger charge is -2.01. The molecule has 0 aromatic heterocycles. The number of rotatable bonds is 3. The van der Waals surface area contributed by atoms with Crippen molar-refractivity contribution in [2.45, 2.75) is 0 Å². The summed E-state index contributed by atoms with van der Waals surface area (Å²) < 4.78 is 8.67. The van der Waals surface area contributed by atoms with Gasteiger partial charge in [0.25, 0.3) is 8.05 Å². The Bertz CT molecular complexity index is 58.9. The second kappa shape index (κ2) is 4.12. The minimum atomic E-state index is -1.70. The zero-order valence-corrected chi connectivity index (χ0v) is 4.89. The minimum absolute atomic E-state index is 1.13. The van der Waals surface area contributed by atoms with Crippen LogP contribution in [0.5, 0.6) is 0 Å². The fourth-order valence-corrected chi connectivity index (χ4v) is 0.320. The van der Waals surface area contributed by atoms with Gasteiger partial charge in [-0.3, -0.25) is 0 Å². The Morgan fingerprint density at radius 3 is 2.57 bits per heavy atom. The molecule has 40 valence electrons. The van der Waals surface area contributed by atoms with Crippen LogP contribution >= 0.6 is 8.60 Å². The van der Waals surface area contributed by atoms with Gasteiger partial charge < -0.3 is 13.9 Å². The Labute approximate surface area is 44.4 Å². The molecule has 0 fully saturated rings. The maximum Gasteiger partial charge on any atom is 0.377 e. The summed E-state index contributed by atoms with van der Waals surface area (Å²) in [5.74, 6) is 0. The second-order valence-corrected chi connectivity index (χ2v) is 1.74. The predicted octanol–water partition coefficient (Wildman–Crippen LogP) is -0.0696. The van der Waals surface area contributed by atoms with Gasteiger partial charge in [-0.05, 0) is 0 Å². The second-order valence-electron chi connectivity index (χ2n) is 0.692. The summed E-state index contributed by atoms with van der Waals surface area (Å²) in [4.78, 5) is 8.41. The van der Waals surface area contributed by atoms with Crippen molar-refractivity contribution in [2.24, 2.45) is 0 Å². The van der Waals surface area contributed by atoms with E-state index in [1.165, 1.54) is 8.05 Å². The Hall–Kier alpha value is -0.0451. The van der Waals surface area contributed by atoms with Crippen molar-refractivity contribution in [3.05, 3.63) is 12.8 Å². The van der Waals surface area contributed by atoms with Crippen molar-refractivity contribution in [3.8, 4) is 0 Å². The molecule has 1 atom stereocenters. The molecule has 1 N–H and O–H groups in total. The van der Waals surface area contributed by atoms with Crippen molar-refractivity contribution in [1.29, 1.82) is 0 Å². The number of hydrogen-bond donors (Lipinski definition) is 1. The third kappa shape index (κ3) is 3.79. The Morgan fingerprint density at radius 1 is 1.86 bits per heavy atom. The molecule has 0 heterocycles. The lowest BCUT2D eigenvalue weighted by atomic mass is 10.6. The van der Waals surface area contributed by atoms with Gasteiger partial charge in [-0.15, -0.1) is 0 Å². The van der Waals surface area contributed by atoms with Gasteiger partial charge in [0.15, 0.2) is 0 Å². The van der Waals surface area contributed by atoms with E-state index in [9.17, 15) is 0 Å². The maximum absolute atomic E-state index is 8.41. The van der Waals surface area contributed by atoms with E-state index in [1.54, 1.807) is 0 Å². The van der Waals surface area contributed by atoms with Crippen LogP contribution in [0.25, 0.3) is 0 Å². The third-order valence-corrected chi connectivity index (χ3v) is 0.963. The summed E-state index contributed by atoms with van der Waals surface area (Å²) in [5.41, 5.74) is 0. The van der Waals surface area contributed by atoms with Crippen LogP contribution in [0.3, 0.4) is 0 Å². The fraction of sp³-hybridized carbons (Fsp3) is 0. The molecule has 0 saturated heterocycles. The SMILES string of the molecule is BOP(O)OC=C. The third-order valence-electron chi connectivity index (χ3n) is 0.321. The molecular weight excluding hydrogens is 114 g/mol. The first-order valence-electron chi connectivity index (χ1n) is 1.62. The van der Waals surface area contributed by atoms with Crippen LogP contribution in [0.4, 0.5) is 0 Å². The average molecular weight is 120 g/mol. The zero-order chi connectivity index (χ0) is 5.70. The summed E-state index contributed by atoms with van der Waals surface area (Å²) >= 11 is 0. The predicted molar refractivity (Wildman–Crippen MR) is 30.0 cm³/mol. The summed E-state index contributed by atoms with van der Waals surface area (Å²) in [7, 11) is -0.340. The Balaban J connectivity index is 2.98. The van der Waals surface area contributed by atoms with Crippen LogP contribution in [-0.2, 0) is 8.96 Å². The molecule has 0 radical (unpaired) electrons. The molecule has 0 aromatic rings. The van der Waals surface area contributed by atoms with Crippen molar-refractivity contribution >= 4 is 16.7 Å². The fourth-order valence-electron chi connectivity index (χ4n) is 0.107. The molecule has 5 heteroatoms. The van der Waals surface area contributed by atoms with Crippen LogP contribution in [0, 0.1) is 0 Å². The summed E-state index contributed by atoms with van der Waals surface area (Å²) in [6.07, 6.45) is 1.13. The van der Waals surface area contributed by atoms with Gasteiger partial charge >= 0.3 is 8.60 Å². The molecule has 0 amide bonds. The number of hydrogen-bond acceptors (Lipinski definition) is 3. The van der Waals surface area contributed by atoms with Gasteiger partial charge in [0.1, 0.15) is 0 Å². The highest BCUT2D eigenvalue weighted by atomic mass is 31.2. The van der Waals surface area contributed by atoms with E-state index in [0.717, 1.165) is 6.26 Å². The Morgan fingerprint density at radius 2 is 2.43 bits per heavy atom. The van der Waals surface area contributed by atoms with Gasteiger partial charge in [0.05, 0.1) is 6.26 Å². The van der Waals surface area contributed by atoms with E-state index in [-0.39, 0.29) is 0 Å². The lowest BCUT2D eigenvalue weighted by Crippen LogP contribution is -1.76. The molecule has 0 saturated carbocycles. The van der Waals surface area contributed by atoms with Crippen LogP contribution in [0.15, 0.2) is 12.8 Å². The molecule has 0 aliphatic heterocycles. The summed E-state index contributed by atoms with van der Waals surface area (Å²) in [5, 5.41) is 0. The molecule has 3 nitrogen and oxygen atoms in total. The first-order valence-corrected chi connectivity index (χ1v) is 2.75. The smallest absolute Gasteiger partial charge is 0.377 e. The van der Waals surface area contributed by atoms with E-state index in [4.69, 9.17) is 4.89 Å². The lowest BCUT2D eigenvalue weighted by molar-refractivity contribution is 0.361. The van der Waals surface area contributed by atoms with E-state index in [2.05, 4.69) is 15.5 Å². The molecule has 0 rings (SSSR count). The molecule has 0 aromatic carbocycles. The molecule has 0 bridgehead atoms. The first kappa shape index (κ1) is 6.95. The molecule has 0 aliphatic carbocycles. The van der Waals surface area contributed by atoms with Gasteiger partial charge in [0.2, 0.25) is 0 Å². The summed E-state index contributed by atoms with van der Waals surface area (Å²) in [6.45, 7) is 3.20. The van der Waals surface area contributed by atoms with E-state index in [0.29, 0.717) is 0 Å². The van der Waals surface area contributed by atoms with Gasteiger partial charge in [0, 0.05) is 0 Å². The van der Waals surface area contributed by atoms with E-state index >= 15 is 0 Å². The monoisotopic (exact) mass is 120 g/mol. The summed E-state index contributed by atoms with van der Waals surface area (Å²) in [6, 6.07) is 0. The van der Waals surface area contributed by atoms with E-state index < -0.39 is 8.60 Å². The van der Waals surface area contributed by atoms with Crippen molar-refractivity contribution in [1.82, 2.24) is 0 Å². The molecule has 7 heavy (non-hydrogen) atoms. The topological polar surface area (TPSA) is 38.7 Å². The molecule has 0 aliphatic rings. The first-order chi connectivity index (χ1) is 3.31. The van der Waals surface area contributed by atoms with E-state index in [1.807, 2.05) is 0 Å². The van der Waals surface area contributed by atoms with Crippen LogP contribution in [-0.4, -0.2) is 12.9 Å². The largest absolute Gasteiger partial charge is 0.436 e. The molecule has 0 spiro atoms. The van der Waals surface area contributed by atoms with Crippen molar-refractivity contribution < 1.29 is 13.9 Å². The highest BCUT2D eigenvalue weighted by molar-refractivity contribution is 7.41. The zero-order valence-electron chi connectivity index (χ0n) is 4.00. The maximum atomic E-state index is 8.41. The van der Waals surface area contributed by atoms with Crippen LogP contribution in [0.1, 0.15) is 0 Å². The van der Waals surface area contributed by atoms with Gasteiger partial charge in [-0.2, -0.15) is 0 Å². The highest BCUT2D eigenvalue weighted by Gasteiger charge is 1.96. The minimum Gasteiger partial charge on any atom is -0.436 e. The normalized spacial score (nSPS) is 12.7. The van der Waals surface area contributed by atoms with Crippen LogP contribution in [0.2, 0.25) is 0 Å². The molecule has 1 unspecified atom stereocenters. The highest BCUT2D eigenvalue weighted by Crippen LogP contribution is 2.30. The molecular formula is C2H6BO3P. The van der Waals surface area contributed by atoms with Crippen molar-refractivity contribution in [3.63, 3.8) is 0 Å². The quantitative estimate of drug-likeness (QED) is 0.321.